The maximum Gasteiger partial charge on any atom is 0.0726 e. The van der Waals surface area contributed by atoms with E-state index in [-0.39, 0.29) is 5.69 Å². The summed E-state index contributed by atoms with van der Waals surface area (Å²) in [5.41, 5.74) is -5.65. The van der Waals surface area contributed by atoms with E-state index in [0.29, 0.717) is 11.4 Å². The third-order valence-corrected chi connectivity index (χ3v) is 14.3. The quantitative estimate of drug-likeness (QED) is 0.154. The summed E-state index contributed by atoms with van der Waals surface area (Å²) in [7, 11) is 0. The number of hydrogen-bond donors (Lipinski definition) is 0. The summed E-state index contributed by atoms with van der Waals surface area (Å²) in [4.78, 5) is 1.53. The van der Waals surface area contributed by atoms with Crippen LogP contribution in [0.25, 0.3) is 66.4 Å². The van der Waals surface area contributed by atoms with Crippen molar-refractivity contribution in [2.24, 2.45) is 0 Å². The highest BCUT2D eigenvalue weighted by atomic mass is 15.1. The van der Waals surface area contributed by atoms with E-state index in [1.54, 1.807) is 36.4 Å². The van der Waals surface area contributed by atoms with Crippen molar-refractivity contribution in [1.29, 1.82) is 0 Å². The van der Waals surface area contributed by atoms with E-state index in [0.717, 1.165) is 44.5 Å². The second-order valence-electron chi connectivity index (χ2n) is 17.8. The Balaban J connectivity index is 1.09. The lowest BCUT2D eigenvalue weighted by molar-refractivity contribution is 0.769. The zero-order valence-electron chi connectivity index (χ0n) is 65.0. The Hall–Kier alpha value is -9.30. The predicted molar refractivity (Wildman–Crippen MR) is 303 cm³/mol. The van der Waals surface area contributed by atoms with Gasteiger partial charge in [-0.1, -0.05) is 242 Å². The molecule has 1 spiro atoms. The second-order valence-corrected chi connectivity index (χ2v) is 17.8. The molecule has 12 aromatic carbocycles. The third kappa shape index (κ3) is 5.85. The molecule has 12 aromatic rings. The fourth-order valence-corrected chi connectivity index (χ4v) is 11.5. The first-order chi connectivity index (χ1) is 47.5. The van der Waals surface area contributed by atoms with Crippen LogP contribution in [-0.2, 0) is 10.8 Å². The van der Waals surface area contributed by atoms with Gasteiger partial charge in [0.05, 0.1) is 47.8 Å². The van der Waals surface area contributed by atoms with E-state index in [9.17, 15) is 23.3 Å². The van der Waals surface area contributed by atoms with Crippen molar-refractivity contribution in [2.45, 2.75) is 10.8 Å². The van der Waals surface area contributed by atoms with Crippen molar-refractivity contribution in [3.63, 3.8) is 0 Å². The van der Waals surface area contributed by atoms with Crippen molar-refractivity contribution in [3.8, 4) is 55.6 Å². The van der Waals surface area contributed by atoms with Crippen LogP contribution in [0.5, 0.6) is 0 Å². The minimum Gasteiger partial charge on any atom is -0.310 e. The lowest BCUT2D eigenvalue weighted by Crippen LogP contribution is -2.28. The highest BCUT2D eigenvalue weighted by molar-refractivity contribution is 6.05. The van der Waals surface area contributed by atoms with E-state index < -0.39 is 240 Å². The fourth-order valence-electron chi connectivity index (χ4n) is 11.5. The second kappa shape index (κ2) is 16.1. The monoisotopic (exact) mass is 953 g/mol. The largest absolute Gasteiger partial charge is 0.310 e. The van der Waals surface area contributed by atoms with E-state index >= 15 is 0 Å². The van der Waals surface area contributed by atoms with Crippen molar-refractivity contribution >= 4 is 27.8 Å². The van der Waals surface area contributed by atoms with Crippen LogP contribution in [0.3, 0.4) is 0 Å². The molecule has 0 N–H and O–H groups in total. The molecule has 0 aliphatic heterocycles. The number of fused-ring (bicyclic) bond motifs is 14. The van der Waals surface area contributed by atoms with Crippen LogP contribution < -0.4 is 4.90 Å². The van der Waals surface area contributed by atoms with Crippen molar-refractivity contribution in [1.82, 2.24) is 0 Å². The van der Waals surface area contributed by atoms with Crippen molar-refractivity contribution in [3.05, 3.63) is 329 Å². The Kier molecular flexibility index (Phi) is 5.04. The van der Waals surface area contributed by atoms with Crippen LogP contribution in [0, 0.1) is 0 Å². The molecule has 0 atom stereocenters. The zero-order valence-corrected chi connectivity index (χ0v) is 38.0. The van der Waals surface area contributed by atoms with Gasteiger partial charge in [0.1, 0.15) is 0 Å². The van der Waals surface area contributed by atoms with Crippen LogP contribution in [-0.4, -0.2) is 0 Å². The summed E-state index contributed by atoms with van der Waals surface area (Å²) in [5, 5.41) is -1.58. The maximum atomic E-state index is 10.8. The van der Waals surface area contributed by atoms with Gasteiger partial charge in [-0.2, -0.15) is 0 Å². The molecule has 1 nitrogen and oxygen atoms in total. The lowest BCUT2D eigenvalue weighted by atomic mass is 9.67. The highest BCUT2D eigenvalue weighted by Crippen LogP contribution is 2.64. The SMILES string of the molecule is [2H]c1c([2H])c([2H])c(C2(c3c([2H])c([2H])c([2H])c([2H])c3[2H])c3c([2H])c([2H])c([2H])c([2H])c3-c3c([2H])c([2H])c(-c4c(-c5c([2H])c([2H])c(N(c6ccccc6)c6ccc7c(c6)C6(c8ccccc8-c8ccccc86)c6ccccc6-7)c([2H])c5[2H])c([2H])c([2H])c5c([2H])c([2H])c([2H])c([2H])c45)c([2H])c32)c([2H])c1[2H]. The van der Waals surface area contributed by atoms with Gasteiger partial charge in [0.15, 0.2) is 0 Å². The summed E-state index contributed by atoms with van der Waals surface area (Å²) < 4.78 is 259. The Labute approximate surface area is 464 Å². The molecule has 1 heteroatoms. The molecule has 0 radical (unpaired) electrons. The fraction of sp³-hybridized carbons (Fsp3) is 0.0278. The zero-order chi connectivity index (χ0) is 71.6. The van der Waals surface area contributed by atoms with Gasteiger partial charge >= 0.3 is 0 Å². The number of para-hydroxylation sites is 1. The number of nitrogens with zero attached hydrogens (tertiary/aromatic N) is 1. The first-order valence-electron chi connectivity index (χ1n) is 36.8. The van der Waals surface area contributed by atoms with Crippen molar-refractivity contribution in [2.75, 3.05) is 4.90 Å². The molecule has 0 aromatic heterocycles. The Morgan fingerprint density at radius 1 is 0.301 bits per heavy atom. The molecule has 340 valence electrons. The molecule has 0 amide bonds. The molecule has 0 heterocycles. The van der Waals surface area contributed by atoms with E-state index in [2.05, 4.69) is 30.3 Å². The Morgan fingerprint density at radius 3 is 1.51 bits per heavy atom. The topological polar surface area (TPSA) is 3.24 Å². The molecular formula is C72H47N. The molecule has 0 unspecified atom stereocenters. The minimum atomic E-state index is -3.36. The minimum absolute atomic E-state index is 0.341. The van der Waals surface area contributed by atoms with Gasteiger partial charge in [-0.25, -0.2) is 0 Å². The van der Waals surface area contributed by atoms with Gasteiger partial charge in [0.25, 0.3) is 0 Å². The summed E-state index contributed by atoms with van der Waals surface area (Å²) in [5.74, 6) is 0. The van der Waals surface area contributed by atoms with Gasteiger partial charge in [0, 0.05) is 17.1 Å². The Bertz CT molecular complexity index is 5570. The van der Waals surface area contributed by atoms with Gasteiger partial charge in [-0.15, -0.1) is 0 Å². The normalized spacial score (nSPS) is 18.9. The van der Waals surface area contributed by atoms with Crippen LogP contribution in [0.2, 0.25) is 0 Å². The maximum absolute atomic E-state index is 10.8. The van der Waals surface area contributed by atoms with Crippen molar-refractivity contribution < 1.29 is 37.0 Å². The average Bonchev–Trinajstić information content (AvgIpc) is 1.47. The lowest BCUT2D eigenvalue weighted by Gasteiger charge is -2.34. The number of hydrogen-bond acceptors (Lipinski definition) is 1. The van der Waals surface area contributed by atoms with Crippen LogP contribution >= 0.6 is 0 Å². The summed E-state index contributed by atoms with van der Waals surface area (Å²) in [6.07, 6.45) is 0. The molecule has 0 saturated heterocycles. The average molecular weight is 953 g/mol. The van der Waals surface area contributed by atoms with E-state index in [1.807, 2.05) is 54.6 Å². The number of anilines is 3. The van der Waals surface area contributed by atoms with Gasteiger partial charge < -0.3 is 4.90 Å². The standard InChI is InChI=1S/C72H47N/c1-4-21-51(22-5-1)71(52-23-6-2-7-24-52)64-32-16-12-30-60(64)62-44-39-50(46-68(62)71)70-56-27-11-10-20-48(56)38-43-57(70)49-36-40-54(41-37-49)73(53-25-8-3-9-26-53)55-42-45-63-61-31-15-19-35-67(61)72(69(63)47-55)65-33-17-13-28-58(65)59-29-14-18-34-66(59)72/h1-47H/i1D,2D,4D,5D,6D,7D,10D,11D,12D,16D,20D,21D,22D,23D,24D,27D,30D,32D,36D,37D,38D,39D,40D,41D,43D,44D,46D. The Morgan fingerprint density at radius 2 is 0.836 bits per heavy atom. The van der Waals surface area contributed by atoms with E-state index in [1.165, 1.54) is 4.90 Å². The molecule has 0 fully saturated rings. The predicted octanol–water partition coefficient (Wildman–Crippen LogP) is 18.4. The highest BCUT2D eigenvalue weighted by Gasteiger charge is 2.52. The molecule has 3 aliphatic carbocycles. The van der Waals surface area contributed by atoms with Gasteiger partial charge in [0.2, 0.25) is 0 Å². The van der Waals surface area contributed by atoms with Gasteiger partial charge in [-0.3, -0.25) is 0 Å². The van der Waals surface area contributed by atoms with Crippen LogP contribution in [0.15, 0.2) is 284 Å². The summed E-state index contributed by atoms with van der Waals surface area (Å²) in [6.45, 7) is 0. The first-order valence-corrected chi connectivity index (χ1v) is 23.3. The van der Waals surface area contributed by atoms with Crippen LogP contribution in [0.4, 0.5) is 17.1 Å². The smallest absolute Gasteiger partial charge is 0.0726 e. The third-order valence-electron chi connectivity index (χ3n) is 14.3. The van der Waals surface area contributed by atoms with Gasteiger partial charge in [-0.05, 0) is 153 Å². The molecule has 3 aliphatic rings. The number of benzene rings is 12. The first kappa shape index (κ1) is 22.8. The summed E-state index contributed by atoms with van der Waals surface area (Å²) in [6, 6.07) is 9.63. The van der Waals surface area contributed by atoms with Crippen LogP contribution in [0.1, 0.15) is 81.5 Å². The molecule has 0 saturated carbocycles. The molecular weight excluding hydrogens is 879 g/mol. The number of rotatable bonds is 7. The molecule has 15 rings (SSSR count). The summed E-state index contributed by atoms with van der Waals surface area (Å²) >= 11 is 0. The van der Waals surface area contributed by atoms with E-state index in [4.69, 9.17) is 13.7 Å². The molecule has 0 bridgehead atoms. The molecule has 73 heavy (non-hydrogen) atoms.